The Morgan fingerprint density at radius 1 is 0.698 bits per heavy atom. The molecule has 274 valence electrons. The van der Waals surface area contributed by atoms with E-state index < -0.39 is 5.60 Å². The van der Waals surface area contributed by atoms with Crippen LogP contribution in [-0.2, 0) is 23.4 Å². The third-order valence-corrected chi connectivity index (χ3v) is 11.5. The number of carbonyl (C=O) groups excluding carboxylic acids is 1. The number of hydrogen-bond acceptors (Lipinski definition) is 3. The molecular weight excluding hydrogens is 651 g/mol. The van der Waals surface area contributed by atoms with E-state index in [9.17, 15) is 4.79 Å². The maximum Gasteiger partial charge on any atom is 0.340 e. The van der Waals surface area contributed by atoms with Crippen LogP contribution in [0.1, 0.15) is 109 Å². The molecule has 0 bridgehead atoms. The van der Waals surface area contributed by atoms with Crippen molar-refractivity contribution in [2.24, 2.45) is 0 Å². The molecule has 53 heavy (non-hydrogen) atoms. The summed E-state index contributed by atoms with van der Waals surface area (Å²) < 4.78 is 11.8. The number of aryl methyl sites for hydroxylation is 4. The summed E-state index contributed by atoms with van der Waals surface area (Å²) in [7, 11) is 0. The van der Waals surface area contributed by atoms with E-state index >= 15 is 0 Å². The predicted octanol–water partition coefficient (Wildman–Crippen LogP) is 11.8. The lowest BCUT2D eigenvalue weighted by Crippen LogP contribution is -2.27. The van der Waals surface area contributed by atoms with Gasteiger partial charge in [0.1, 0.15) is 0 Å². The van der Waals surface area contributed by atoms with Gasteiger partial charge in [-0.2, -0.15) is 0 Å². The van der Waals surface area contributed by atoms with Gasteiger partial charge in [-0.3, -0.25) is 0 Å². The average Bonchev–Trinajstić information content (AvgIpc) is 3.72. The molecule has 0 saturated carbocycles. The van der Waals surface area contributed by atoms with Crippen molar-refractivity contribution in [1.29, 1.82) is 0 Å². The summed E-state index contributed by atoms with van der Waals surface area (Å²) >= 11 is 0. The van der Waals surface area contributed by atoms with Crippen molar-refractivity contribution in [3.05, 3.63) is 141 Å². The maximum absolute atomic E-state index is 14.0. The van der Waals surface area contributed by atoms with E-state index in [0.29, 0.717) is 5.56 Å². The first-order valence-electron chi connectivity index (χ1n) is 19.8. The van der Waals surface area contributed by atoms with Gasteiger partial charge in [0.15, 0.2) is 5.60 Å². The van der Waals surface area contributed by atoms with Crippen molar-refractivity contribution in [3.63, 3.8) is 0 Å². The molecule has 0 radical (unpaired) electrons. The Morgan fingerprint density at radius 3 is 1.74 bits per heavy atom. The number of fused-ring (bicyclic) bond motifs is 3. The lowest BCUT2D eigenvalue weighted by Gasteiger charge is -2.29. The molecule has 5 heteroatoms. The van der Waals surface area contributed by atoms with Gasteiger partial charge < -0.3 is 18.8 Å². The number of nitrogens with zero attached hydrogens (tertiary/aromatic N) is 3. The second-order valence-corrected chi connectivity index (χ2v) is 14.9. The average molecular weight is 706 g/mol. The first kappa shape index (κ1) is 36.3. The molecule has 0 spiro atoms. The second-order valence-electron chi connectivity index (χ2n) is 14.9. The van der Waals surface area contributed by atoms with Gasteiger partial charge in [0.05, 0.1) is 5.56 Å². The topological polar surface area (TPSA) is 39.4 Å². The molecule has 0 N–H and O–H groups in total. The summed E-state index contributed by atoms with van der Waals surface area (Å²) in [5.41, 5.74) is 13.4. The van der Waals surface area contributed by atoms with Crippen LogP contribution in [0.3, 0.4) is 0 Å². The molecule has 2 aromatic heterocycles. The Labute approximate surface area is 315 Å². The van der Waals surface area contributed by atoms with Gasteiger partial charge in [-0.15, -0.1) is 0 Å². The molecule has 3 heterocycles. The number of hydrogen-bond donors (Lipinski definition) is 0. The smallest absolute Gasteiger partial charge is 0.340 e. The molecule has 6 aromatic rings. The van der Waals surface area contributed by atoms with E-state index in [4.69, 9.17) is 4.74 Å². The number of aromatic nitrogens is 2. The summed E-state index contributed by atoms with van der Waals surface area (Å²) in [4.78, 5) is 16.3. The fraction of sp³-hybridized carbons (Fsp3) is 0.354. The first-order valence-corrected chi connectivity index (χ1v) is 19.8. The Balaban J connectivity index is 1.64. The van der Waals surface area contributed by atoms with E-state index in [1.807, 2.05) is 18.2 Å². The highest BCUT2D eigenvalue weighted by Gasteiger charge is 2.46. The van der Waals surface area contributed by atoms with Crippen molar-refractivity contribution in [1.82, 2.24) is 9.13 Å². The van der Waals surface area contributed by atoms with Gasteiger partial charge in [0.2, 0.25) is 0 Å². The fourth-order valence-electron chi connectivity index (χ4n) is 8.71. The van der Waals surface area contributed by atoms with Gasteiger partial charge in [0.25, 0.3) is 0 Å². The maximum atomic E-state index is 14.0. The van der Waals surface area contributed by atoms with Gasteiger partial charge >= 0.3 is 5.97 Å². The molecule has 1 atom stereocenters. The van der Waals surface area contributed by atoms with Crippen LogP contribution in [0.4, 0.5) is 5.69 Å². The zero-order valence-corrected chi connectivity index (χ0v) is 33.0. The summed E-state index contributed by atoms with van der Waals surface area (Å²) in [6, 6.07) is 30.4. The molecule has 1 aliphatic heterocycles. The Kier molecular flexibility index (Phi) is 10.1. The lowest BCUT2D eigenvalue weighted by atomic mass is 9.80. The first-order chi connectivity index (χ1) is 25.7. The SMILES string of the molecule is CCCCn1c(C)c(C(=CC2(c3ccc(N(CC)CC)cc3)OC(=O)c3ccccc32)c2c(C)n(CCCC)c3ccc(C)cc23)c2cc(C)ccc21. The normalized spacial score (nSPS) is 15.3. The second kappa shape index (κ2) is 14.8. The van der Waals surface area contributed by atoms with Gasteiger partial charge in [-0.05, 0) is 108 Å². The monoisotopic (exact) mass is 705 g/mol. The quantitative estimate of drug-likeness (QED) is 0.112. The molecule has 0 amide bonds. The fourth-order valence-corrected chi connectivity index (χ4v) is 8.71. The van der Waals surface area contributed by atoms with Crippen molar-refractivity contribution in [2.75, 3.05) is 18.0 Å². The standard InChI is InChI=1S/C48H55N3O2/c1-9-13-27-50-34(7)45(39-29-32(5)19-25-43(39)50)41(46-35(8)51(28-14-10-2)44-26-20-33(6)30-40(44)46)31-48(42-18-16-15-17-38(42)47(52)53-48)36-21-23-37(24-22-36)49(11-3)12-4/h15-26,29-31H,9-14,27-28H2,1-8H3. The van der Waals surface area contributed by atoms with Crippen molar-refractivity contribution in [2.45, 2.75) is 99.8 Å². The van der Waals surface area contributed by atoms with Crippen molar-refractivity contribution < 1.29 is 9.53 Å². The number of benzene rings is 4. The number of rotatable bonds is 13. The van der Waals surface area contributed by atoms with Gasteiger partial charge in [0, 0.05) is 87.3 Å². The van der Waals surface area contributed by atoms with Crippen molar-refractivity contribution >= 4 is 39.0 Å². The van der Waals surface area contributed by atoms with Gasteiger partial charge in [-0.25, -0.2) is 4.79 Å². The lowest BCUT2D eigenvalue weighted by molar-refractivity contribution is 0.0276. The highest BCUT2D eigenvalue weighted by Crippen LogP contribution is 2.49. The summed E-state index contributed by atoms with van der Waals surface area (Å²) in [6.45, 7) is 21.6. The van der Waals surface area contributed by atoms with E-state index in [-0.39, 0.29) is 5.97 Å². The molecule has 4 aromatic carbocycles. The zero-order chi connectivity index (χ0) is 37.4. The van der Waals surface area contributed by atoms with Crippen LogP contribution in [0.2, 0.25) is 0 Å². The number of anilines is 1. The minimum absolute atomic E-state index is 0.292. The Bertz CT molecular complexity index is 2230. The Hall–Kier alpha value is -5.03. The minimum atomic E-state index is -1.15. The molecule has 1 aliphatic rings. The predicted molar refractivity (Wildman–Crippen MR) is 222 cm³/mol. The number of ether oxygens (including phenoxy) is 1. The van der Waals surface area contributed by atoms with Crippen LogP contribution in [0.5, 0.6) is 0 Å². The number of cyclic esters (lactones) is 1. The largest absolute Gasteiger partial charge is 0.441 e. The van der Waals surface area contributed by atoms with Crippen LogP contribution in [0.15, 0.2) is 91.0 Å². The molecular formula is C48H55N3O2. The van der Waals surface area contributed by atoms with Crippen molar-refractivity contribution in [3.8, 4) is 0 Å². The molecule has 0 saturated heterocycles. The molecule has 0 aliphatic carbocycles. The van der Waals surface area contributed by atoms with Crippen LogP contribution >= 0.6 is 0 Å². The summed E-state index contributed by atoms with van der Waals surface area (Å²) in [6.07, 6.45) is 6.74. The highest BCUT2D eigenvalue weighted by atomic mass is 16.6. The van der Waals surface area contributed by atoms with Crippen LogP contribution in [-0.4, -0.2) is 28.2 Å². The van der Waals surface area contributed by atoms with E-state index in [2.05, 4.69) is 142 Å². The number of unbranched alkanes of at least 4 members (excludes halogenated alkanes) is 2. The molecule has 1 unspecified atom stereocenters. The highest BCUT2D eigenvalue weighted by molar-refractivity contribution is 6.07. The third kappa shape index (κ3) is 6.18. The van der Waals surface area contributed by atoms with E-state index in [1.165, 1.54) is 55.4 Å². The van der Waals surface area contributed by atoms with Crippen LogP contribution in [0, 0.1) is 27.7 Å². The van der Waals surface area contributed by atoms with Gasteiger partial charge in [-0.1, -0.05) is 80.3 Å². The Morgan fingerprint density at radius 2 is 1.23 bits per heavy atom. The number of esters is 1. The van der Waals surface area contributed by atoms with E-state index in [0.717, 1.165) is 74.2 Å². The zero-order valence-electron chi connectivity index (χ0n) is 33.0. The molecule has 7 rings (SSSR count). The summed E-state index contributed by atoms with van der Waals surface area (Å²) in [5.74, 6) is -0.292. The summed E-state index contributed by atoms with van der Waals surface area (Å²) in [5, 5.41) is 2.46. The number of carbonyl (C=O) groups is 1. The molecule has 5 nitrogen and oxygen atoms in total. The van der Waals surface area contributed by atoms with E-state index in [1.54, 1.807) is 0 Å². The van der Waals surface area contributed by atoms with Crippen LogP contribution < -0.4 is 4.90 Å². The van der Waals surface area contributed by atoms with Crippen LogP contribution in [0.25, 0.3) is 27.4 Å². The minimum Gasteiger partial charge on any atom is -0.441 e. The third-order valence-electron chi connectivity index (χ3n) is 11.5. The molecule has 0 fully saturated rings.